The number of hydrogen-bond acceptors (Lipinski definition) is 2. The molecule has 2 heteroatoms. The molecule has 0 atom stereocenters. The third kappa shape index (κ3) is 3.23. The van der Waals surface area contributed by atoms with Crippen LogP contribution in [-0.2, 0) is 0 Å². The highest BCUT2D eigenvalue weighted by Crippen LogP contribution is 2.20. The van der Waals surface area contributed by atoms with Gasteiger partial charge in [0.05, 0.1) is 0 Å². The van der Waals surface area contributed by atoms with E-state index >= 15 is 0 Å². The van der Waals surface area contributed by atoms with Crippen molar-refractivity contribution >= 4 is 11.4 Å². The molecule has 0 spiro atoms. The molecule has 0 unspecified atom stereocenters. The lowest BCUT2D eigenvalue weighted by molar-refractivity contribution is 0.434. The Kier molecular flexibility index (Phi) is 4.51. The number of allylic oxidation sites excluding steroid dienone is 1. The second-order valence-electron chi connectivity index (χ2n) is 4.37. The molecule has 0 aromatic heterocycles. The maximum Gasteiger partial charge on any atom is 0.141 e. The summed E-state index contributed by atoms with van der Waals surface area (Å²) in [5.74, 6) is 0.0754. The molecule has 1 N–H and O–H groups in total. The van der Waals surface area contributed by atoms with Crippen molar-refractivity contribution < 1.29 is 5.11 Å². The average Bonchev–Trinajstić information content (AvgIpc) is 2.53. The second-order valence-corrected chi connectivity index (χ2v) is 4.37. The van der Waals surface area contributed by atoms with Crippen LogP contribution in [0, 0.1) is 0 Å². The van der Waals surface area contributed by atoms with Gasteiger partial charge in [0.15, 0.2) is 0 Å². The molecule has 0 bridgehead atoms. The molecule has 0 heterocycles. The van der Waals surface area contributed by atoms with E-state index in [-0.39, 0.29) is 5.76 Å². The Morgan fingerprint density at radius 1 is 0.950 bits per heavy atom. The summed E-state index contributed by atoms with van der Waals surface area (Å²) in [5.41, 5.74) is 3.26. The highest BCUT2D eigenvalue weighted by molar-refractivity contribution is 6.01. The first-order valence-electron chi connectivity index (χ1n) is 6.44. The maximum atomic E-state index is 10.0. The molecule has 0 saturated carbocycles. The summed E-state index contributed by atoms with van der Waals surface area (Å²) in [7, 11) is 0. The molecule has 0 saturated heterocycles. The molecule has 2 aromatic carbocycles. The van der Waals surface area contributed by atoms with Crippen LogP contribution in [0.1, 0.15) is 18.1 Å². The van der Waals surface area contributed by atoms with Crippen LogP contribution >= 0.6 is 0 Å². The van der Waals surface area contributed by atoms with E-state index in [1.165, 1.54) is 6.08 Å². The Morgan fingerprint density at radius 2 is 1.45 bits per heavy atom. The van der Waals surface area contributed by atoms with Crippen LogP contribution in [0.5, 0.6) is 0 Å². The molecule has 0 aliphatic carbocycles. The van der Waals surface area contributed by atoms with E-state index < -0.39 is 0 Å². The summed E-state index contributed by atoms with van der Waals surface area (Å²) in [5, 5.41) is 10.0. The van der Waals surface area contributed by atoms with Gasteiger partial charge in [0.2, 0.25) is 0 Å². The van der Waals surface area contributed by atoms with Crippen LogP contribution in [0.15, 0.2) is 84.1 Å². The molecule has 100 valence electrons. The number of benzene rings is 2. The van der Waals surface area contributed by atoms with Gasteiger partial charge in [-0.05, 0) is 18.6 Å². The van der Waals surface area contributed by atoms with Gasteiger partial charge < -0.3 is 5.11 Å². The lowest BCUT2D eigenvalue weighted by Gasteiger charge is -2.07. The second kappa shape index (κ2) is 6.53. The summed E-state index contributed by atoms with van der Waals surface area (Å²) in [6.45, 7) is 5.54. The fourth-order valence-electron chi connectivity index (χ4n) is 1.87. The van der Waals surface area contributed by atoms with Gasteiger partial charge in [0, 0.05) is 11.3 Å². The van der Waals surface area contributed by atoms with Gasteiger partial charge in [-0.15, -0.1) is 0 Å². The minimum atomic E-state index is 0.0754. The SMILES string of the molecule is C=C/C(O)=C(\N=C(C)c1ccccc1)c1ccccc1. The predicted octanol–water partition coefficient (Wildman–Crippen LogP) is 4.61. The van der Waals surface area contributed by atoms with Crippen molar-refractivity contribution in [3.05, 3.63) is 90.2 Å². The van der Waals surface area contributed by atoms with E-state index in [1.54, 1.807) is 0 Å². The van der Waals surface area contributed by atoms with Crippen molar-refractivity contribution in [2.45, 2.75) is 6.92 Å². The third-order valence-corrected chi connectivity index (χ3v) is 2.95. The minimum Gasteiger partial charge on any atom is -0.506 e. The maximum absolute atomic E-state index is 10.0. The largest absolute Gasteiger partial charge is 0.506 e. The molecule has 0 aliphatic rings. The lowest BCUT2D eigenvalue weighted by atomic mass is 10.1. The summed E-state index contributed by atoms with van der Waals surface area (Å²) < 4.78 is 0. The van der Waals surface area contributed by atoms with Crippen LogP contribution in [-0.4, -0.2) is 10.8 Å². The van der Waals surface area contributed by atoms with Crippen molar-refractivity contribution in [1.82, 2.24) is 0 Å². The van der Waals surface area contributed by atoms with Crippen molar-refractivity contribution in [2.24, 2.45) is 4.99 Å². The quantitative estimate of drug-likeness (QED) is 0.487. The number of nitrogens with zero attached hydrogens (tertiary/aromatic N) is 1. The van der Waals surface area contributed by atoms with Gasteiger partial charge in [-0.1, -0.05) is 67.2 Å². The van der Waals surface area contributed by atoms with E-state index in [4.69, 9.17) is 0 Å². The third-order valence-electron chi connectivity index (χ3n) is 2.95. The summed E-state index contributed by atoms with van der Waals surface area (Å²) in [4.78, 5) is 4.56. The molecular weight excluding hydrogens is 246 g/mol. The Bertz CT molecular complexity index is 640. The van der Waals surface area contributed by atoms with E-state index in [0.29, 0.717) is 5.70 Å². The van der Waals surface area contributed by atoms with Gasteiger partial charge in [-0.2, -0.15) is 0 Å². The van der Waals surface area contributed by atoms with Crippen molar-refractivity contribution in [3.63, 3.8) is 0 Å². The molecule has 2 rings (SSSR count). The summed E-state index contributed by atoms with van der Waals surface area (Å²) in [6.07, 6.45) is 1.41. The Hall–Kier alpha value is -2.61. The fourth-order valence-corrected chi connectivity index (χ4v) is 1.87. The highest BCUT2D eigenvalue weighted by atomic mass is 16.3. The highest BCUT2D eigenvalue weighted by Gasteiger charge is 2.06. The van der Waals surface area contributed by atoms with E-state index in [2.05, 4.69) is 11.6 Å². The van der Waals surface area contributed by atoms with Gasteiger partial charge >= 0.3 is 0 Å². The number of aliphatic hydroxyl groups is 1. The zero-order chi connectivity index (χ0) is 14.4. The van der Waals surface area contributed by atoms with Crippen LogP contribution in [0.3, 0.4) is 0 Å². The van der Waals surface area contributed by atoms with Gasteiger partial charge in [0.25, 0.3) is 0 Å². The van der Waals surface area contributed by atoms with E-state index in [9.17, 15) is 5.11 Å². The molecule has 0 fully saturated rings. The first kappa shape index (κ1) is 13.8. The van der Waals surface area contributed by atoms with Crippen LogP contribution in [0.2, 0.25) is 0 Å². The fraction of sp³-hybridized carbons (Fsp3) is 0.0556. The van der Waals surface area contributed by atoms with Crippen LogP contribution in [0.25, 0.3) is 5.70 Å². The molecule has 0 aliphatic heterocycles. The zero-order valence-corrected chi connectivity index (χ0v) is 11.5. The Balaban J connectivity index is 2.48. The molecule has 0 amide bonds. The first-order valence-corrected chi connectivity index (χ1v) is 6.44. The number of aliphatic hydroxyl groups excluding tert-OH is 1. The van der Waals surface area contributed by atoms with Gasteiger partial charge in [0.1, 0.15) is 11.5 Å². The molecule has 0 radical (unpaired) electrons. The van der Waals surface area contributed by atoms with E-state index in [0.717, 1.165) is 16.8 Å². The normalized spacial score (nSPS) is 12.8. The monoisotopic (exact) mass is 263 g/mol. The van der Waals surface area contributed by atoms with Crippen molar-refractivity contribution in [3.8, 4) is 0 Å². The summed E-state index contributed by atoms with van der Waals surface area (Å²) in [6, 6.07) is 19.5. The zero-order valence-electron chi connectivity index (χ0n) is 11.5. The van der Waals surface area contributed by atoms with E-state index in [1.807, 2.05) is 67.6 Å². The van der Waals surface area contributed by atoms with Crippen molar-refractivity contribution in [2.75, 3.05) is 0 Å². The standard InChI is InChI=1S/C18H17NO/c1-3-17(20)18(16-12-8-5-9-13-16)19-14(2)15-10-6-4-7-11-15/h3-13,20H,1H2,2H3/b18-17+,19-14?. The lowest BCUT2D eigenvalue weighted by Crippen LogP contribution is -1.97. The molecule has 2 aromatic rings. The smallest absolute Gasteiger partial charge is 0.141 e. The average molecular weight is 263 g/mol. The molecular formula is C18H17NO. The number of rotatable bonds is 4. The summed E-state index contributed by atoms with van der Waals surface area (Å²) >= 11 is 0. The Labute approximate surface area is 119 Å². The first-order chi connectivity index (χ1) is 9.72. The number of aliphatic imine (C=N–C) groups is 1. The van der Waals surface area contributed by atoms with Crippen LogP contribution in [0.4, 0.5) is 0 Å². The molecule has 2 nitrogen and oxygen atoms in total. The molecule has 20 heavy (non-hydrogen) atoms. The Morgan fingerprint density at radius 3 is 1.95 bits per heavy atom. The van der Waals surface area contributed by atoms with Crippen molar-refractivity contribution in [1.29, 1.82) is 0 Å². The topological polar surface area (TPSA) is 32.6 Å². The van der Waals surface area contributed by atoms with Gasteiger partial charge in [-0.3, -0.25) is 0 Å². The number of hydrogen-bond donors (Lipinski definition) is 1. The predicted molar refractivity (Wildman–Crippen MR) is 84.8 cm³/mol. The van der Waals surface area contributed by atoms with Gasteiger partial charge in [-0.25, -0.2) is 4.99 Å². The minimum absolute atomic E-state index is 0.0754. The van der Waals surface area contributed by atoms with Crippen LogP contribution < -0.4 is 0 Å².